The highest BCUT2D eigenvalue weighted by Crippen LogP contribution is 2.38. The summed E-state index contributed by atoms with van der Waals surface area (Å²) in [7, 11) is 4.04. The van der Waals surface area contributed by atoms with Crippen LogP contribution in [0.15, 0.2) is 28.7 Å². The summed E-state index contributed by atoms with van der Waals surface area (Å²) in [5, 5.41) is 2.95. The molecule has 0 radical (unpaired) electrons. The minimum Gasteiger partial charge on any atom is -0.455 e. The van der Waals surface area contributed by atoms with Crippen LogP contribution in [0.5, 0.6) is 0 Å². The third-order valence-corrected chi connectivity index (χ3v) is 5.03. The number of carbonyl (C=O) groups is 2. The number of hydrogen-bond donors (Lipinski definition) is 1. The van der Waals surface area contributed by atoms with Crippen LogP contribution in [0.25, 0.3) is 0 Å². The van der Waals surface area contributed by atoms with Crippen molar-refractivity contribution in [1.29, 1.82) is 0 Å². The molecule has 0 spiro atoms. The first-order valence-corrected chi connectivity index (χ1v) is 9.33. The number of ketones is 1. The van der Waals surface area contributed by atoms with E-state index in [1.165, 1.54) is 5.56 Å². The van der Waals surface area contributed by atoms with E-state index in [1.54, 1.807) is 6.92 Å². The first-order valence-electron chi connectivity index (χ1n) is 9.33. The average molecular weight is 368 g/mol. The van der Waals surface area contributed by atoms with E-state index in [9.17, 15) is 9.59 Å². The molecule has 1 aromatic carbocycles. The van der Waals surface area contributed by atoms with Gasteiger partial charge in [-0.15, -0.1) is 0 Å². The number of benzene rings is 1. The molecule has 3 rings (SSSR count). The fraction of sp³-hybridized carbons (Fsp3) is 0.455. The number of fused-ring (bicyclic) bond motifs is 1. The van der Waals surface area contributed by atoms with Crippen molar-refractivity contribution in [2.24, 2.45) is 5.41 Å². The molecule has 1 aliphatic rings. The molecule has 1 aromatic heterocycles. The van der Waals surface area contributed by atoms with E-state index < -0.39 is 0 Å². The maximum Gasteiger partial charge on any atom is 0.287 e. The lowest BCUT2D eigenvalue weighted by Crippen LogP contribution is -2.26. The summed E-state index contributed by atoms with van der Waals surface area (Å²) < 4.78 is 5.85. The van der Waals surface area contributed by atoms with E-state index in [0.717, 1.165) is 12.1 Å². The topological polar surface area (TPSA) is 62.6 Å². The molecule has 1 amide bonds. The Bertz CT molecular complexity index is 878. The third-order valence-electron chi connectivity index (χ3n) is 5.03. The Morgan fingerprint density at radius 2 is 1.85 bits per heavy atom. The number of Topliss-reactive ketones (excluding diaryl/α,β-unsaturated/α-hetero) is 1. The van der Waals surface area contributed by atoms with Gasteiger partial charge in [-0.2, -0.15) is 0 Å². The van der Waals surface area contributed by atoms with Crippen molar-refractivity contribution in [2.45, 2.75) is 46.7 Å². The standard InChI is InChI=1S/C22H28N2O3/c1-14-19-17(25)10-22(2,3)11-18(19)27-20(14)21(26)23-12-15-8-6-7-9-16(15)13-24(4)5/h6-9H,10-13H2,1-5H3,(H,23,26). The lowest BCUT2D eigenvalue weighted by Gasteiger charge is -2.27. The smallest absolute Gasteiger partial charge is 0.287 e. The molecule has 0 unspecified atom stereocenters. The lowest BCUT2D eigenvalue weighted by atomic mass is 9.76. The molecule has 27 heavy (non-hydrogen) atoms. The van der Waals surface area contributed by atoms with Crippen LogP contribution in [0.1, 0.15) is 63.6 Å². The summed E-state index contributed by atoms with van der Waals surface area (Å²) in [5.41, 5.74) is 3.38. The lowest BCUT2D eigenvalue weighted by molar-refractivity contribution is 0.0888. The van der Waals surface area contributed by atoms with Crippen LogP contribution in [-0.4, -0.2) is 30.7 Å². The normalized spacial score (nSPS) is 15.7. The molecule has 5 nitrogen and oxygen atoms in total. The summed E-state index contributed by atoms with van der Waals surface area (Å²) in [6.07, 6.45) is 1.16. The van der Waals surface area contributed by atoms with Crippen molar-refractivity contribution in [3.63, 3.8) is 0 Å². The van der Waals surface area contributed by atoms with Crippen LogP contribution in [0.2, 0.25) is 0 Å². The van der Waals surface area contributed by atoms with Crippen molar-refractivity contribution in [3.05, 3.63) is 58.0 Å². The van der Waals surface area contributed by atoms with Gasteiger partial charge in [-0.05, 0) is 37.6 Å². The average Bonchev–Trinajstić information content (AvgIpc) is 2.88. The zero-order valence-corrected chi connectivity index (χ0v) is 16.8. The Hall–Kier alpha value is -2.40. The van der Waals surface area contributed by atoms with Gasteiger partial charge < -0.3 is 14.6 Å². The predicted molar refractivity (Wildman–Crippen MR) is 105 cm³/mol. The molecule has 0 atom stereocenters. The molecule has 0 aliphatic heterocycles. The molecular formula is C22H28N2O3. The Morgan fingerprint density at radius 3 is 2.52 bits per heavy atom. The van der Waals surface area contributed by atoms with Crippen molar-refractivity contribution >= 4 is 11.7 Å². The van der Waals surface area contributed by atoms with Gasteiger partial charge in [0.2, 0.25) is 0 Å². The zero-order chi connectivity index (χ0) is 19.8. The molecule has 0 saturated carbocycles. The number of nitrogens with one attached hydrogen (secondary N) is 1. The first kappa shape index (κ1) is 19.4. The summed E-state index contributed by atoms with van der Waals surface area (Å²) in [4.78, 5) is 27.3. The number of nitrogens with zero attached hydrogens (tertiary/aromatic N) is 1. The molecule has 0 fully saturated rings. The second-order valence-electron chi connectivity index (χ2n) is 8.48. The second kappa shape index (κ2) is 7.31. The van der Waals surface area contributed by atoms with E-state index in [-0.39, 0.29) is 22.9 Å². The molecule has 5 heteroatoms. The van der Waals surface area contributed by atoms with Gasteiger partial charge in [-0.25, -0.2) is 0 Å². The van der Waals surface area contributed by atoms with E-state index in [4.69, 9.17) is 4.42 Å². The minimum atomic E-state index is -0.271. The molecule has 144 valence electrons. The van der Waals surface area contributed by atoms with Crippen LogP contribution >= 0.6 is 0 Å². The zero-order valence-electron chi connectivity index (χ0n) is 16.8. The van der Waals surface area contributed by atoms with Crippen molar-refractivity contribution in [2.75, 3.05) is 14.1 Å². The van der Waals surface area contributed by atoms with Crippen LogP contribution in [0, 0.1) is 12.3 Å². The molecule has 2 aromatic rings. The van der Waals surface area contributed by atoms with Gasteiger partial charge in [0.1, 0.15) is 5.76 Å². The molecule has 1 heterocycles. The SMILES string of the molecule is Cc1c(C(=O)NCc2ccccc2CN(C)C)oc2c1C(=O)CC(C)(C)C2. The fourth-order valence-electron chi connectivity index (χ4n) is 3.78. The van der Waals surface area contributed by atoms with E-state index in [1.807, 2.05) is 46.1 Å². The number of amides is 1. The second-order valence-corrected chi connectivity index (χ2v) is 8.48. The van der Waals surface area contributed by atoms with E-state index in [0.29, 0.717) is 36.3 Å². The Morgan fingerprint density at radius 1 is 1.19 bits per heavy atom. The maximum atomic E-state index is 12.7. The van der Waals surface area contributed by atoms with Crippen molar-refractivity contribution < 1.29 is 14.0 Å². The van der Waals surface area contributed by atoms with Crippen LogP contribution in [0.4, 0.5) is 0 Å². The van der Waals surface area contributed by atoms with Crippen molar-refractivity contribution in [3.8, 4) is 0 Å². The van der Waals surface area contributed by atoms with Gasteiger partial charge >= 0.3 is 0 Å². The summed E-state index contributed by atoms with van der Waals surface area (Å²) in [6, 6.07) is 8.06. The highest BCUT2D eigenvalue weighted by molar-refractivity contribution is 6.03. The molecule has 1 N–H and O–H groups in total. The van der Waals surface area contributed by atoms with E-state index in [2.05, 4.69) is 16.3 Å². The van der Waals surface area contributed by atoms with Gasteiger partial charge in [-0.3, -0.25) is 9.59 Å². The molecular weight excluding hydrogens is 340 g/mol. The Kier molecular flexibility index (Phi) is 5.24. The number of furan rings is 1. The third kappa shape index (κ3) is 4.14. The summed E-state index contributed by atoms with van der Waals surface area (Å²) >= 11 is 0. The number of hydrogen-bond acceptors (Lipinski definition) is 4. The predicted octanol–water partition coefficient (Wildman–Crippen LogP) is 3.73. The highest BCUT2D eigenvalue weighted by Gasteiger charge is 2.37. The van der Waals surface area contributed by atoms with Crippen LogP contribution < -0.4 is 5.32 Å². The quantitative estimate of drug-likeness (QED) is 0.873. The van der Waals surface area contributed by atoms with Crippen LogP contribution in [0.3, 0.4) is 0 Å². The van der Waals surface area contributed by atoms with E-state index >= 15 is 0 Å². The first-order chi connectivity index (χ1) is 12.7. The summed E-state index contributed by atoms with van der Waals surface area (Å²) in [6.45, 7) is 7.13. The molecule has 0 bridgehead atoms. The number of carbonyl (C=O) groups excluding carboxylic acids is 2. The Labute approximate surface area is 160 Å². The fourth-order valence-corrected chi connectivity index (χ4v) is 3.78. The maximum absolute atomic E-state index is 12.7. The molecule has 1 aliphatic carbocycles. The van der Waals surface area contributed by atoms with Gasteiger partial charge in [0, 0.05) is 31.5 Å². The van der Waals surface area contributed by atoms with Crippen LogP contribution in [-0.2, 0) is 19.5 Å². The number of rotatable bonds is 5. The minimum absolute atomic E-state index is 0.0675. The molecule has 0 saturated heterocycles. The monoisotopic (exact) mass is 368 g/mol. The van der Waals surface area contributed by atoms with Gasteiger partial charge in [0.15, 0.2) is 11.5 Å². The van der Waals surface area contributed by atoms with Gasteiger partial charge in [-0.1, -0.05) is 38.1 Å². The largest absolute Gasteiger partial charge is 0.455 e. The van der Waals surface area contributed by atoms with Gasteiger partial charge in [0.05, 0.1) is 5.56 Å². The van der Waals surface area contributed by atoms with Crippen molar-refractivity contribution in [1.82, 2.24) is 10.2 Å². The summed E-state index contributed by atoms with van der Waals surface area (Å²) in [5.74, 6) is 0.702. The highest BCUT2D eigenvalue weighted by atomic mass is 16.4. The Balaban J connectivity index is 1.78. The van der Waals surface area contributed by atoms with Gasteiger partial charge in [0.25, 0.3) is 5.91 Å².